The van der Waals surface area contributed by atoms with Crippen molar-refractivity contribution < 1.29 is 4.42 Å². The van der Waals surface area contributed by atoms with Gasteiger partial charge in [0, 0.05) is 29.3 Å². The number of hydrogen-bond donors (Lipinski definition) is 0. The number of aryl methyl sites for hydroxylation is 2. The van der Waals surface area contributed by atoms with Crippen LogP contribution in [0.5, 0.6) is 0 Å². The number of nitrogens with zero attached hydrogens (tertiary/aromatic N) is 5. The van der Waals surface area contributed by atoms with E-state index in [1.807, 2.05) is 0 Å². The highest BCUT2D eigenvalue weighted by Crippen LogP contribution is 2.37. The molecular weight excluding hydrogens is 346 g/mol. The molecule has 0 aliphatic carbocycles. The number of fused-ring (bicyclic) bond motifs is 1. The van der Waals surface area contributed by atoms with E-state index in [1.165, 1.54) is 15.8 Å². The van der Waals surface area contributed by atoms with E-state index in [1.54, 1.807) is 17.7 Å². The molecule has 0 aromatic carbocycles. The van der Waals surface area contributed by atoms with Crippen LogP contribution in [0.25, 0.3) is 10.2 Å². The van der Waals surface area contributed by atoms with Gasteiger partial charge in [-0.05, 0) is 32.3 Å². The zero-order chi connectivity index (χ0) is 18.5. The van der Waals surface area contributed by atoms with E-state index in [4.69, 9.17) is 4.42 Å². The van der Waals surface area contributed by atoms with E-state index in [0.29, 0.717) is 5.92 Å². The quantitative estimate of drug-likeness (QED) is 0.666. The second kappa shape index (κ2) is 6.30. The summed E-state index contributed by atoms with van der Waals surface area (Å²) in [5.41, 5.74) is 1.20. The summed E-state index contributed by atoms with van der Waals surface area (Å²) in [6, 6.07) is 0. The van der Waals surface area contributed by atoms with Crippen LogP contribution in [-0.2, 0) is 5.41 Å². The fraction of sp³-hybridized carbons (Fsp3) is 0.579. The van der Waals surface area contributed by atoms with Crippen molar-refractivity contribution in [2.45, 2.75) is 58.8 Å². The Balaban J connectivity index is 1.53. The highest BCUT2D eigenvalue weighted by Gasteiger charge is 2.29. The number of rotatable bonds is 2. The number of anilines is 1. The van der Waals surface area contributed by atoms with Crippen LogP contribution in [0.3, 0.4) is 0 Å². The third-order valence-electron chi connectivity index (χ3n) is 5.17. The summed E-state index contributed by atoms with van der Waals surface area (Å²) in [5, 5.41) is 9.77. The van der Waals surface area contributed by atoms with Gasteiger partial charge < -0.3 is 9.32 Å². The van der Waals surface area contributed by atoms with Gasteiger partial charge in [0.1, 0.15) is 17.0 Å². The molecule has 4 heterocycles. The summed E-state index contributed by atoms with van der Waals surface area (Å²) in [5.74, 6) is 2.90. The third-order valence-corrected chi connectivity index (χ3v) is 6.29. The summed E-state index contributed by atoms with van der Waals surface area (Å²) >= 11 is 1.75. The number of thiophene rings is 1. The van der Waals surface area contributed by atoms with Crippen LogP contribution in [0.1, 0.15) is 61.8 Å². The number of hydrogen-bond acceptors (Lipinski definition) is 7. The molecule has 0 N–H and O–H groups in total. The maximum absolute atomic E-state index is 5.96. The largest absolute Gasteiger partial charge is 0.424 e. The lowest BCUT2D eigenvalue weighted by molar-refractivity contribution is 0.337. The lowest BCUT2D eigenvalue weighted by atomic mass is 9.96. The van der Waals surface area contributed by atoms with Crippen molar-refractivity contribution in [2.24, 2.45) is 0 Å². The molecule has 0 radical (unpaired) electrons. The molecule has 138 valence electrons. The molecule has 1 aliphatic heterocycles. The standard InChI is InChI=1S/C19H25N5OS/c1-11-12(2)26-17-14(11)15(20-10-21-17)24-8-6-13(7-9-24)16-22-23-18(25-16)19(3,4)5/h10,13H,6-9H2,1-5H3. The molecule has 0 unspecified atom stereocenters. The fourth-order valence-corrected chi connectivity index (χ4v) is 4.44. The molecule has 3 aromatic rings. The van der Waals surface area contributed by atoms with Gasteiger partial charge in [-0.15, -0.1) is 21.5 Å². The Morgan fingerprint density at radius 1 is 1.12 bits per heavy atom. The van der Waals surface area contributed by atoms with E-state index in [9.17, 15) is 0 Å². The molecule has 4 rings (SSSR count). The molecule has 3 aromatic heterocycles. The monoisotopic (exact) mass is 371 g/mol. The highest BCUT2D eigenvalue weighted by molar-refractivity contribution is 7.18. The zero-order valence-electron chi connectivity index (χ0n) is 16.0. The first kappa shape index (κ1) is 17.4. The Kier molecular flexibility index (Phi) is 4.22. The zero-order valence-corrected chi connectivity index (χ0v) is 16.9. The topological polar surface area (TPSA) is 67.9 Å². The smallest absolute Gasteiger partial charge is 0.221 e. The van der Waals surface area contributed by atoms with Crippen molar-refractivity contribution >= 4 is 27.4 Å². The minimum absolute atomic E-state index is 0.104. The predicted molar refractivity (Wildman–Crippen MR) is 104 cm³/mol. The molecule has 26 heavy (non-hydrogen) atoms. The van der Waals surface area contributed by atoms with Crippen molar-refractivity contribution in [1.82, 2.24) is 20.2 Å². The molecule has 0 saturated carbocycles. The fourth-order valence-electron chi connectivity index (χ4n) is 3.44. The molecule has 0 spiro atoms. The molecule has 7 heteroatoms. The first-order valence-corrected chi connectivity index (χ1v) is 9.96. The summed E-state index contributed by atoms with van der Waals surface area (Å²) in [7, 11) is 0. The average molecular weight is 372 g/mol. The maximum Gasteiger partial charge on any atom is 0.221 e. The first-order chi connectivity index (χ1) is 12.3. The van der Waals surface area contributed by atoms with Gasteiger partial charge >= 0.3 is 0 Å². The molecule has 0 amide bonds. The third kappa shape index (κ3) is 2.98. The van der Waals surface area contributed by atoms with Crippen LogP contribution in [0.15, 0.2) is 10.7 Å². The summed E-state index contributed by atoms with van der Waals surface area (Å²) in [4.78, 5) is 13.8. The maximum atomic E-state index is 5.96. The molecule has 1 saturated heterocycles. The van der Waals surface area contributed by atoms with Gasteiger partial charge in [-0.1, -0.05) is 20.8 Å². The van der Waals surface area contributed by atoms with Crippen LogP contribution in [0.4, 0.5) is 5.82 Å². The molecule has 1 fully saturated rings. The summed E-state index contributed by atoms with van der Waals surface area (Å²) < 4.78 is 5.96. The molecular formula is C19H25N5OS. The Labute approximate surface area is 157 Å². The minimum Gasteiger partial charge on any atom is -0.424 e. The average Bonchev–Trinajstić information content (AvgIpc) is 3.21. The van der Waals surface area contributed by atoms with Crippen LogP contribution >= 0.6 is 11.3 Å². The molecule has 6 nitrogen and oxygen atoms in total. The SMILES string of the molecule is Cc1sc2ncnc(N3CCC(c4nnc(C(C)(C)C)o4)CC3)c2c1C. The highest BCUT2D eigenvalue weighted by atomic mass is 32.1. The van der Waals surface area contributed by atoms with E-state index >= 15 is 0 Å². The van der Waals surface area contributed by atoms with Crippen molar-refractivity contribution in [1.29, 1.82) is 0 Å². The normalized spacial score (nSPS) is 16.6. The Morgan fingerprint density at radius 2 is 1.85 bits per heavy atom. The van der Waals surface area contributed by atoms with Gasteiger partial charge in [-0.2, -0.15) is 0 Å². The Hall–Kier alpha value is -2.02. The van der Waals surface area contributed by atoms with Gasteiger partial charge in [-0.25, -0.2) is 9.97 Å². The Bertz CT molecular complexity index is 931. The van der Waals surface area contributed by atoms with Crippen LogP contribution in [0, 0.1) is 13.8 Å². The van der Waals surface area contributed by atoms with Crippen molar-refractivity contribution in [2.75, 3.05) is 18.0 Å². The van der Waals surface area contributed by atoms with Crippen molar-refractivity contribution in [3.8, 4) is 0 Å². The van der Waals surface area contributed by atoms with Gasteiger partial charge in [-0.3, -0.25) is 0 Å². The van der Waals surface area contributed by atoms with Gasteiger partial charge in [0.05, 0.1) is 5.39 Å². The summed E-state index contributed by atoms with van der Waals surface area (Å²) in [6.07, 6.45) is 3.69. The van der Waals surface area contributed by atoms with Crippen LogP contribution < -0.4 is 4.90 Å². The Morgan fingerprint density at radius 3 is 2.50 bits per heavy atom. The van der Waals surface area contributed by atoms with E-state index in [0.717, 1.165) is 48.4 Å². The van der Waals surface area contributed by atoms with Crippen LogP contribution in [-0.4, -0.2) is 33.3 Å². The molecule has 0 bridgehead atoms. The number of aromatic nitrogens is 4. The second-order valence-electron chi connectivity index (χ2n) is 8.12. The molecule has 0 atom stereocenters. The first-order valence-electron chi connectivity index (χ1n) is 9.14. The van der Waals surface area contributed by atoms with E-state index in [-0.39, 0.29) is 5.41 Å². The predicted octanol–water partition coefficient (Wildman–Crippen LogP) is 4.37. The second-order valence-corrected chi connectivity index (χ2v) is 9.32. The van der Waals surface area contributed by atoms with Gasteiger partial charge in [0.2, 0.25) is 11.8 Å². The molecule has 1 aliphatic rings. The number of piperidine rings is 1. The van der Waals surface area contributed by atoms with Crippen molar-refractivity contribution in [3.05, 3.63) is 28.5 Å². The van der Waals surface area contributed by atoms with E-state index < -0.39 is 0 Å². The van der Waals surface area contributed by atoms with Crippen LogP contribution in [0.2, 0.25) is 0 Å². The van der Waals surface area contributed by atoms with Gasteiger partial charge in [0.25, 0.3) is 0 Å². The summed E-state index contributed by atoms with van der Waals surface area (Å²) in [6.45, 7) is 12.5. The lowest BCUT2D eigenvalue weighted by Crippen LogP contribution is -2.33. The minimum atomic E-state index is -0.104. The van der Waals surface area contributed by atoms with Crippen molar-refractivity contribution in [3.63, 3.8) is 0 Å². The van der Waals surface area contributed by atoms with E-state index in [2.05, 4.69) is 59.7 Å². The van der Waals surface area contributed by atoms with Gasteiger partial charge in [0.15, 0.2) is 0 Å². The lowest BCUT2D eigenvalue weighted by Gasteiger charge is -2.31.